The van der Waals surface area contributed by atoms with E-state index >= 15 is 0 Å². The van der Waals surface area contributed by atoms with Crippen LogP contribution in [-0.4, -0.2) is 30.6 Å². The van der Waals surface area contributed by atoms with Gasteiger partial charge in [-0.15, -0.1) is 16.1 Å². The molecule has 0 saturated heterocycles. The average molecular weight is 603 g/mol. The highest BCUT2D eigenvalue weighted by Gasteiger charge is 2.51. The molecule has 3 atom stereocenters. The molecule has 202 valence electrons. The lowest BCUT2D eigenvalue weighted by Gasteiger charge is -2.27. The quantitative estimate of drug-likeness (QED) is 0.176. The fourth-order valence-electron chi connectivity index (χ4n) is 3.64. The van der Waals surface area contributed by atoms with Crippen LogP contribution >= 0.6 is 34.5 Å². The second-order valence-corrected chi connectivity index (χ2v) is 13.7. The second kappa shape index (κ2) is 10.6. The Morgan fingerprint density at radius 2 is 1.76 bits per heavy atom. The van der Waals surface area contributed by atoms with Gasteiger partial charge in [0.25, 0.3) is 0 Å². The maximum Gasteiger partial charge on any atom is 0.421 e. The summed E-state index contributed by atoms with van der Waals surface area (Å²) in [7, 11) is 0. The van der Waals surface area contributed by atoms with Crippen LogP contribution in [0.2, 0.25) is 10.2 Å². The smallest absolute Gasteiger partial charge is 0.421 e. The van der Waals surface area contributed by atoms with Gasteiger partial charge in [0.05, 0.1) is 16.4 Å². The van der Waals surface area contributed by atoms with Gasteiger partial charge in [-0.05, 0) is 69.0 Å². The normalized spacial score (nSPS) is 15.9. The summed E-state index contributed by atoms with van der Waals surface area (Å²) >= 11 is 12.5. The zero-order valence-electron chi connectivity index (χ0n) is 20.7. The molecule has 3 heterocycles. The van der Waals surface area contributed by atoms with Crippen molar-refractivity contribution in [1.29, 1.82) is 0 Å². The van der Waals surface area contributed by atoms with Crippen molar-refractivity contribution in [2.24, 2.45) is 0 Å². The molecule has 0 spiro atoms. The van der Waals surface area contributed by atoms with Gasteiger partial charge in [-0.3, -0.25) is 4.98 Å². The van der Waals surface area contributed by atoms with Crippen LogP contribution in [0.25, 0.3) is 21.3 Å². The highest BCUT2D eigenvalue weighted by molar-refractivity contribution is 7.90. The van der Waals surface area contributed by atoms with Crippen molar-refractivity contribution in [2.75, 3.05) is 0 Å². The van der Waals surface area contributed by atoms with Gasteiger partial charge in [0.2, 0.25) is 0 Å². The van der Waals surface area contributed by atoms with Gasteiger partial charge in [0.1, 0.15) is 15.9 Å². The first kappa shape index (κ1) is 29.1. The van der Waals surface area contributed by atoms with Crippen molar-refractivity contribution in [3.8, 4) is 11.3 Å². The molecule has 0 aliphatic carbocycles. The van der Waals surface area contributed by atoms with Crippen LogP contribution in [0.1, 0.15) is 49.9 Å². The number of hydrogen-bond acceptors (Lipinski definition) is 6. The predicted molar refractivity (Wildman–Crippen MR) is 148 cm³/mol. The number of halogens is 5. The lowest BCUT2D eigenvalue weighted by molar-refractivity contribution is -0.258. The minimum absolute atomic E-state index is 0.220. The average Bonchev–Trinajstić information content (AvgIpc) is 3.27. The molecular formula is C26H24Cl2F3N3O2S2. The van der Waals surface area contributed by atoms with Crippen molar-refractivity contribution in [1.82, 2.24) is 14.7 Å². The third-order valence-corrected chi connectivity index (χ3v) is 9.23. The van der Waals surface area contributed by atoms with E-state index < -0.39 is 33.9 Å². The minimum atomic E-state index is -4.86. The zero-order valence-corrected chi connectivity index (χ0v) is 23.9. The SMILES string of the molecule is CC(C)(C)[S@+]([O-])N[C@@H](c1cc2cccc(-c3cc([C@@](C)(O)C(F)(F)F)ccn3)c2s1)c1nc(Cl)ccc1Cl. The standard InChI is InChI=1S/C26H24Cl2F3N3O2S2/c1-24(2,3)38(36)34-22(21-17(27)8-9-20(28)33-21)19-12-14-6-5-7-16(23(14)37-19)18-13-15(10-11-32-18)25(4,35)26(29,30)31/h5-13,22,34-35H,1-4H3/t22-,25+,38-/m0/s1. The maximum atomic E-state index is 13.5. The van der Waals surface area contributed by atoms with Crippen LogP contribution in [0.15, 0.2) is 54.7 Å². The molecule has 1 aromatic carbocycles. The molecule has 0 radical (unpaired) electrons. The van der Waals surface area contributed by atoms with E-state index in [-0.39, 0.29) is 16.4 Å². The molecule has 0 unspecified atom stereocenters. The first-order valence-corrected chi connectivity index (χ1v) is 14.1. The second-order valence-electron chi connectivity index (χ2n) is 9.81. The molecule has 12 heteroatoms. The largest absolute Gasteiger partial charge is 0.598 e. The molecule has 0 aliphatic heterocycles. The van der Waals surface area contributed by atoms with Gasteiger partial charge in [0.15, 0.2) is 5.60 Å². The molecule has 0 fully saturated rings. The first-order chi connectivity index (χ1) is 17.6. The molecule has 0 amide bonds. The molecular weight excluding hydrogens is 578 g/mol. The Labute approximate surface area is 235 Å². The number of benzene rings is 1. The van der Waals surface area contributed by atoms with Crippen LogP contribution in [0, 0.1) is 0 Å². The molecule has 3 aromatic heterocycles. The number of alkyl halides is 3. The lowest BCUT2D eigenvalue weighted by atomic mass is 9.94. The summed E-state index contributed by atoms with van der Waals surface area (Å²) in [5.74, 6) is 0. The highest BCUT2D eigenvalue weighted by Crippen LogP contribution is 2.42. The number of thiophene rings is 1. The van der Waals surface area contributed by atoms with Gasteiger partial charge in [-0.1, -0.05) is 41.4 Å². The summed E-state index contributed by atoms with van der Waals surface area (Å²) in [5, 5.41) is 11.5. The maximum absolute atomic E-state index is 13.5. The number of nitrogens with zero attached hydrogens (tertiary/aromatic N) is 2. The zero-order chi connectivity index (χ0) is 28.0. The van der Waals surface area contributed by atoms with E-state index in [1.807, 2.05) is 32.9 Å². The molecule has 4 rings (SSSR count). The molecule has 5 nitrogen and oxygen atoms in total. The van der Waals surface area contributed by atoms with E-state index in [9.17, 15) is 22.8 Å². The number of fused-ring (bicyclic) bond motifs is 1. The lowest BCUT2D eigenvalue weighted by Crippen LogP contribution is -2.41. The topological polar surface area (TPSA) is 81.1 Å². The molecule has 38 heavy (non-hydrogen) atoms. The number of hydrogen-bond donors (Lipinski definition) is 2. The van der Waals surface area contributed by atoms with Gasteiger partial charge >= 0.3 is 6.18 Å². The van der Waals surface area contributed by atoms with Gasteiger partial charge < -0.3 is 9.66 Å². The first-order valence-electron chi connectivity index (χ1n) is 11.4. The summed E-state index contributed by atoms with van der Waals surface area (Å²) < 4.78 is 56.8. The molecule has 0 aliphatic rings. The van der Waals surface area contributed by atoms with Crippen LogP contribution in [0.4, 0.5) is 13.2 Å². The predicted octanol–water partition coefficient (Wildman–Crippen LogP) is 7.58. The summed E-state index contributed by atoms with van der Waals surface area (Å²) in [4.78, 5) is 9.40. The van der Waals surface area contributed by atoms with E-state index in [0.29, 0.717) is 23.2 Å². The van der Waals surface area contributed by atoms with E-state index in [1.54, 1.807) is 24.3 Å². The minimum Gasteiger partial charge on any atom is -0.598 e. The Hall–Kier alpha value is -1.92. The number of aromatic nitrogens is 2. The van der Waals surface area contributed by atoms with Crippen molar-refractivity contribution < 1.29 is 22.8 Å². The molecule has 4 aromatic rings. The van der Waals surface area contributed by atoms with Gasteiger partial charge in [-0.2, -0.15) is 13.2 Å². The Kier molecular flexibility index (Phi) is 8.09. The fourth-order valence-corrected chi connectivity index (χ4v) is 6.13. The van der Waals surface area contributed by atoms with Crippen molar-refractivity contribution in [3.63, 3.8) is 0 Å². The van der Waals surface area contributed by atoms with Gasteiger partial charge in [0, 0.05) is 32.7 Å². The number of pyridine rings is 2. The summed E-state index contributed by atoms with van der Waals surface area (Å²) in [6.45, 7) is 6.20. The van der Waals surface area contributed by atoms with E-state index in [0.717, 1.165) is 21.0 Å². The summed E-state index contributed by atoms with van der Waals surface area (Å²) in [5.41, 5.74) is -2.11. The molecule has 2 N–H and O–H groups in total. The fraction of sp³-hybridized carbons (Fsp3) is 0.308. The van der Waals surface area contributed by atoms with Gasteiger partial charge in [-0.25, -0.2) is 4.98 Å². The van der Waals surface area contributed by atoms with Crippen LogP contribution in [-0.2, 0) is 17.0 Å². The highest BCUT2D eigenvalue weighted by atomic mass is 35.5. The van der Waals surface area contributed by atoms with E-state index in [1.165, 1.54) is 23.6 Å². The number of rotatable bonds is 6. The number of nitrogens with one attached hydrogen (secondary N) is 1. The number of aliphatic hydroxyl groups is 1. The van der Waals surface area contributed by atoms with E-state index in [2.05, 4.69) is 14.7 Å². The molecule has 0 saturated carbocycles. The Morgan fingerprint density at radius 1 is 1.05 bits per heavy atom. The molecule has 0 bridgehead atoms. The van der Waals surface area contributed by atoms with Crippen molar-refractivity contribution >= 4 is 56.0 Å². The van der Waals surface area contributed by atoms with Crippen molar-refractivity contribution in [3.05, 3.63) is 81.0 Å². The van der Waals surface area contributed by atoms with E-state index in [4.69, 9.17) is 23.2 Å². The monoisotopic (exact) mass is 601 g/mol. The van der Waals surface area contributed by atoms with Crippen LogP contribution in [0.5, 0.6) is 0 Å². The third-order valence-electron chi connectivity index (χ3n) is 5.89. The third kappa shape index (κ3) is 5.82. The Morgan fingerprint density at radius 3 is 2.42 bits per heavy atom. The van der Waals surface area contributed by atoms with Crippen molar-refractivity contribution in [2.45, 2.75) is 50.3 Å². The summed E-state index contributed by atoms with van der Waals surface area (Å²) in [6.07, 6.45) is -3.62. The Balaban J connectivity index is 1.85. The van der Waals surface area contributed by atoms with Crippen LogP contribution in [0.3, 0.4) is 0 Å². The van der Waals surface area contributed by atoms with Crippen LogP contribution < -0.4 is 4.72 Å². The Bertz CT molecular complexity index is 1470. The summed E-state index contributed by atoms with van der Waals surface area (Å²) in [6, 6.07) is 12.1.